The topological polar surface area (TPSA) is 54.8 Å². The van der Waals surface area contributed by atoms with Gasteiger partial charge in [0.2, 0.25) is 0 Å². The summed E-state index contributed by atoms with van der Waals surface area (Å²) in [6.07, 6.45) is 7.90. The van der Waals surface area contributed by atoms with Gasteiger partial charge in [0.1, 0.15) is 11.6 Å². The normalized spacial score (nSPS) is 10.3. The summed E-state index contributed by atoms with van der Waals surface area (Å²) in [5, 5.41) is 6.35. The van der Waals surface area contributed by atoms with Crippen LogP contribution in [0.2, 0.25) is 0 Å². The SMILES string of the molecule is CNc1cccc(NCCCCn2ccnc2)n1. The van der Waals surface area contributed by atoms with Crippen LogP contribution in [0.3, 0.4) is 0 Å². The zero-order chi connectivity index (χ0) is 12.6. The first-order valence-electron chi connectivity index (χ1n) is 6.23. The molecule has 0 atom stereocenters. The molecule has 0 aromatic carbocycles. The van der Waals surface area contributed by atoms with Crippen LogP contribution < -0.4 is 10.6 Å². The molecular weight excluding hydrogens is 226 g/mol. The van der Waals surface area contributed by atoms with Crippen molar-refractivity contribution in [2.24, 2.45) is 0 Å². The Morgan fingerprint density at radius 3 is 2.89 bits per heavy atom. The Bertz CT molecular complexity index is 452. The molecule has 0 aliphatic carbocycles. The summed E-state index contributed by atoms with van der Waals surface area (Å²) in [6.45, 7) is 1.96. The van der Waals surface area contributed by atoms with E-state index in [2.05, 4.69) is 25.2 Å². The van der Waals surface area contributed by atoms with E-state index in [0.717, 1.165) is 37.6 Å². The van der Waals surface area contributed by atoms with Gasteiger partial charge >= 0.3 is 0 Å². The third kappa shape index (κ3) is 3.76. The molecule has 0 aliphatic rings. The van der Waals surface area contributed by atoms with Crippen molar-refractivity contribution in [3.63, 3.8) is 0 Å². The number of imidazole rings is 1. The summed E-state index contributed by atoms with van der Waals surface area (Å²) in [7, 11) is 1.87. The molecule has 0 saturated heterocycles. The van der Waals surface area contributed by atoms with Crippen molar-refractivity contribution in [2.45, 2.75) is 19.4 Å². The molecule has 0 saturated carbocycles. The van der Waals surface area contributed by atoms with Crippen LogP contribution >= 0.6 is 0 Å². The molecule has 0 spiro atoms. The van der Waals surface area contributed by atoms with Crippen molar-refractivity contribution in [2.75, 3.05) is 24.2 Å². The number of unbranched alkanes of at least 4 members (excludes halogenated alkanes) is 1. The third-order valence-corrected chi connectivity index (χ3v) is 2.71. The van der Waals surface area contributed by atoms with Gasteiger partial charge in [-0.05, 0) is 25.0 Å². The van der Waals surface area contributed by atoms with Gasteiger partial charge in [0.15, 0.2) is 0 Å². The predicted molar refractivity (Wildman–Crippen MR) is 73.7 cm³/mol. The molecular formula is C13H19N5. The number of nitrogens with one attached hydrogen (secondary N) is 2. The molecule has 0 unspecified atom stereocenters. The first-order chi connectivity index (χ1) is 8.88. The molecule has 2 rings (SSSR count). The maximum atomic E-state index is 4.40. The van der Waals surface area contributed by atoms with Crippen molar-refractivity contribution in [3.8, 4) is 0 Å². The maximum Gasteiger partial charge on any atom is 0.128 e. The molecule has 0 fully saturated rings. The Balaban J connectivity index is 1.65. The number of rotatable bonds is 7. The highest BCUT2D eigenvalue weighted by molar-refractivity contribution is 5.44. The molecule has 5 nitrogen and oxygen atoms in total. The van der Waals surface area contributed by atoms with Gasteiger partial charge in [-0.25, -0.2) is 9.97 Å². The van der Waals surface area contributed by atoms with E-state index in [1.165, 1.54) is 0 Å². The summed E-state index contributed by atoms with van der Waals surface area (Å²) in [5.74, 6) is 1.81. The zero-order valence-electron chi connectivity index (χ0n) is 10.6. The number of aryl methyl sites for hydroxylation is 1. The van der Waals surface area contributed by atoms with Crippen LogP contribution in [0.25, 0.3) is 0 Å². The van der Waals surface area contributed by atoms with Crippen LogP contribution in [0.5, 0.6) is 0 Å². The van der Waals surface area contributed by atoms with Crippen molar-refractivity contribution < 1.29 is 0 Å². The Morgan fingerprint density at radius 2 is 2.11 bits per heavy atom. The molecule has 0 aliphatic heterocycles. The van der Waals surface area contributed by atoms with E-state index in [4.69, 9.17) is 0 Å². The second-order valence-corrected chi connectivity index (χ2v) is 4.09. The minimum Gasteiger partial charge on any atom is -0.373 e. The largest absolute Gasteiger partial charge is 0.373 e. The van der Waals surface area contributed by atoms with Crippen LogP contribution in [0.1, 0.15) is 12.8 Å². The van der Waals surface area contributed by atoms with Crippen molar-refractivity contribution in [1.82, 2.24) is 14.5 Å². The lowest BCUT2D eigenvalue weighted by atomic mass is 10.3. The Kier molecular flexibility index (Phi) is 4.58. The molecule has 0 radical (unpaired) electrons. The van der Waals surface area contributed by atoms with E-state index in [0.29, 0.717) is 0 Å². The molecule has 18 heavy (non-hydrogen) atoms. The van der Waals surface area contributed by atoms with Gasteiger partial charge < -0.3 is 15.2 Å². The van der Waals surface area contributed by atoms with Crippen LogP contribution in [0.4, 0.5) is 11.6 Å². The summed E-state index contributed by atoms with van der Waals surface area (Å²) < 4.78 is 2.10. The van der Waals surface area contributed by atoms with Crippen molar-refractivity contribution in [1.29, 1.82) is 0 Å². The van der Waals surface area contributed by atoms with Gasteiger partial charge in [0.05, 0.1) is 6.33 Å². The average molecular weight is 245 g/mol. The summed E-state index contributed by atoms with van der Waals surface area (Å²) in [6, 6.07) is 5.92. The number of pyridine rings is 1. The average Bonchev–Trinajstić information content (AvgIpc) is 2.92. The minimum absolute atomic E-state index is 0.887. The standard InChI is InChI=1S/C13H19N5/c1-14-12-5-4-6-13(17-12)16-7-2-3-9-18-10-8-15-11-18/h4-6,8,10-11H,2-3,7,9H2,1H3,(H2,14,16,17). The molecule has 2 heterocycles. The van der Waals surface area contributed by atoms with Gasteiger partial charge in [0.25, 0.3) is 0 Å². The van der Waals surface area contributed by atoms with Gasteiger partial charge in [-0.1, -0.05) is 6.07 Å². The second kappa shape index (κ2) is 6.64. The lowest BCUT2D eigenvalue weighted by molar-refractivity contribution is 0.621. The molecule has 5 heteroatoms. The highest BCUT2D eigenvalue weighted by Crippen LogP contribution is 2.08. The van der Waals surface area contributed by atoms with E-state index in [-0.39, 0.29) is 0 Å². The van der Waals surface area contributed by atoms with Crippen LogP contribution in [-0.4, -0.2) is 28.1 Å². The fraction of sp³-hybridized carbons (Fsp3) is 0.385. The van der Waals surface area contributed by atoms with Crippen LogP contribution in [-0.2, 0) is 6.54 Å². The molecule has 2 aromatic rings. The molecule has 0 bridgehead atoms. The highest BCUT2D eigenvalue weighted by Gasteiger charge is 1.95. The maximum absolute atomic E-state index is 4.40. The minimum atomic E-state index is 0.887. The first kappa shape index (κ1) is 12.4. The second-order valence-electron chi connectivity index (χ2n) is 4.09. The van der Waals surface area contributed by atoms with Gasteiger partial charge in [-0.3, -0.25) is 0 Å². The van der Waals surface area contributed by atoms with Crippen molar-refractivity contribution >= 4 is 11.6 Å². The number of hydrogen-bond acceptors (Lipinski definition) is 4. The van der Waals surface area contributed by atoms with E-state index >= 15 is 0 Å². The summed E-state index contributed by atoms with van der Waals surface area (Å²) in [5.41, 5.74) is 0. The number of nitrogens with zero attached hydrogens (tertiary/aromatic N) is 3. The van der Waals surface area contributed by atoms with E-state index in [1.807, 2.05) is 44.0 Å². The Hall–Kier alpha value is -2.04. The Morgan fingerprint density at radius 1 is 1.22 bits per heavy atom. The zero-order valence-corrected chi connectivity index (χ0v) is 10.6. The predicted octanol–water partition coefficient (Wildman–Crippen LogP) is 2.21. The quantitative estimate of drug-likeness (QED) is 0.734. The van der Waals surface area contributed by atoms with E-state index < -0.39 is 0 Å². The van der Waals surface area contributed by atoms with Gasteiger partial charge in [-0.2, -0.15) is 0 Å². The van der Waals surface area contributed by atoms with E-state index in [1.54, 1.807) is 0 Å². The first-order valence-corrected chi connectivity index (χ1v) is 6.23. The van der Waals surface area contributed by atoms with Crippen LogP contribution in [0, 0.1) is 0 Å². The fourth-order valence-corrected chi connectivity index (χ4v) is 1.73. The lowest BCUT2D eigenvalue weighted by Gasteiger charge is -2.07. The molecule has 0 amide bonds. The van der Waals surface area contributed by atoms with Crippen molar-refractivity contribution in [3.05, 3.63) is 36.9 Å². The Labute approximate surface area is 107 Å². The van der Waals surface area contributed by atoms with Crippen LogP contribution in [0.15, 0.2) is 36.9 Å². The highest BCUT2D eigenvalue weighted by atomic mass is 15.0. The van der Waals surface area contributed by atoms with Gasteiger partial charge in [0, 0.05) is 32.5 Å². The monoisotopic (exact) mass is 245 g/mol. The van der Waals surface area contributed by atoms with E-state index in [9.17, 15) is 0 Å². The van der Waals surface area contributed by atoms with Gasteiger partial charge in [-0.15, -0.1) is 0 Å². The summed E-state index contributed by atoms with van der Waals surface area (Å²) >= 11 is 0. The number of anilines is 2. The number of aromatic nitrogens is 3. The lowest BCUT2D eigenvalue weighted by Crippen LogP contribution is -2.05. The molecule has 96 valence electrons. The number of hydrogen-bond donors (Lipinski definition) is 2. The molecule has 2 aromatic heterocycles. The fourth-order valence-electron chi connectivity index (χ4n) is 1.73. The molecule has 2 N–H and O–H groups in total. The summed E-state index contributed by atoms with van der Waals surface area (Å²) in [4.78, 5) is 8.42. The third-order valence-electron chi connectivity index (χ3n) is 2.71. The smallest absolute Gasteiger partial charge is 0.128 e.